The van der Waals surface area contributed by atoms with E-state index >= 15 is 0 Å². The summed E-state index contributed by atoms with van der Waals surface area (Å²) in [6, 6.07) is 9.75. The van der Waals surface area contributed by atoms with Gasteiger partial charge in [-0.15, -0.1) is 0 Å². The van der Waals surface area contributed by atoms with Gasteiger partial charge < -0.3 is 5.11 Å². The minimum absolute atomic E-state index is 0.428. The summed E-state index contributed by atoms with van der Waals surface area (Å²) in [6.07, 6.45) is 2.49. The van der Waals surface area contributed by atoms with Gasteiger partial charge in [0.25, 0.3) is 0 Å². The van der Waals surface area contributed by atoms with Crippen molar-refractivity contribution < 1.29 is 9.90 Å². The fourth-order valence-electron chi connectivity index (χ4n) is 2.64. The second-order valence-corrected chi connectivity index (χ2v) is 4.61. The van der Waals surface area contributed by atoms with Gasteiger partial charge in [-0.25, -0.2) is 0 Å². The van der Waals surface area contributed by atoms with Gasteiger partial charge in [0.05, 0.1) is 11.6 Å². The van der Waals surface area contributed by atoms with Crippen LogP contribution < -0.4 is 0 Å². The molecule has 0 saturated carbocycles. The molecule has 0 radical (unpaired) electrons. The van der Waals surface area contributed by atoms with Crippen molar-refractivity contribution in [3.05, 3.63) is 41.6 Å². The molecule has 92 valence electrons. The molecule has 1 heterocycles. The third-order valence-electron chi connectivity index (χ3n) is 3.50. The first kappa shape index (κ1) is 11.0. The van der Waals surface area contributed by atoms with E-state index in [4.69, 9.17) is 0 Å². The Bertz CT molecular complexity index is 575. The number of aromatic amines is 1. The molecule has 18 heavy (non-hydrogen) atoms. The molecule has 1 aromatic heterocycles. The number of fused-ring (bicyclic) bond motifs is 1. The first-order valence-electron chi connectivity index (χ1n) is 6.12. The molecule has 0 saturated heterocycles. The molecular formula is C14H14N2O2. The maximum Gasteiger partial charge on any atom is 0.311 e. The third kappa shape index (κ3) is 1.70. The predicted octanol–water partition coefficient (Wildman–Crippen LogP) is 2.58. The van der Waals surface area contributed by atoms with Crippen LogP contribution in [-0.4, -0.2) is 21.3 Å². The Morgan fingerprint density at radius 1 is 1.33 bits per heavy atom. The number of aryl methyl sites for hydroxylation is 1. The zero-order valence-corrected chi connectivity index (χ0v) is 9.89. The lowest BCUT2D eigenvalue weighted by atomic mass is 9.84. The van der Waals surface area contributed by atoms with Crippen LogP contribution in [-0.2, 0) is 11.2 Å². The highest BCUT2D eigenvalue weighted by atomic mass is 16.4. The monoisotopic (exact) mass is 242 g/mol. The number of benzene rings is 1. The Labute approximate surface area is 105 Å². The highest BCUT2D eigenvalue weighted by Crippen LogP contribution is 2.37. The number of carbonyl (C=O) groups is 1. The topological polar surface area (TPSA) is 66.0 Å². The van der Waals surface area contributed by atoms with Crippen molar-refractivity contribution in [2.24, 2.45) is 0 Å². The molecule has 0 aliphatic heterocycles. The summed E-state index contributed by atoms with van der Waals surface area (Å²) < 4.78 is 0. The molecule has 4 nitrogen and oxygen atoms in total. The van der Waals surface area contributed by atoms with Gasteiger partial charge in [0.15, 0.2) is 0 Å². The Kier molecular flexibility index (Phi) is 2.63. The van der Waals surface area contributed by atoms with Gasteiger partial charge in [0.2, 0.25) is 0 Å². The van der Waals surface area contributed by atoms with Crippen molar-refractivity contribution in [1.29, 1.82) is 0 Å². The number of H-pyrrole nitrogens is 1. The van der Waals surface area contributed by atoms with E-state index in [2.05, 4.69) is 10.2 Å². The predicted molar refractivity (Wildman–Crippen MR) is 67.3 cm³/mol. The fourth-order valence-corrected chi connectivity index (χ4v) is 2.64. The van der Waals surface area contributed by atoms with Crippen LogP contribution >= 0.6 is 0 Å². The minimum Gasteiger partial charge on any atom is -0.481 e. The Morgan fingerprint density at radius 3 is 2.83 bits per heavy atom. The summed E-state index contributed by atoms with van der Waals surface area (Å²) >= 11 is 0. The van der Waals surface area contributed by atoms with E-state index in [0.717, 1.165) is 35.4 Å². The summed E-state index contributed by atoms with van der Waals surface area (Å²) in [5, 5.41) is 16.6. The number of hydrogen-bond acceptors (Lipinski definition) is 2. The third-order valence-corrected chi connectivity index (χ3v) is 3.50. The molecule has 4 heteroatoms. The van der Waals surface area contributed by atoms with Crippen LogP contribution in [0.1, 0.15) is 30.0 Å². The average molecular weight is 242 g/mol. The second kappa shape index (κ2) is 4.29. The number of aliphatic carboxylic acids is 1. The molecule has 2 N–H and O–H groups in total. The molecule has 1 aliphatic rings. The van der Waals surface area contributed by atoms with E-state index in [1.807, 2.05) is 30.3 Å². The molecule has 2 aromatic rings. The first-order valence-corrected chi connectivity index (χ1v) is 6.12. The highest BCUT2D eigenvalue weighted by molar-refractivity contribution is 5.81. The van der Waals surface area contributed by atoms with Gasteiger partial charge in [0, 0.05) is 16.8 Å². The van der Waals surface area contributed by atoms with Crippen LogP contribution in [0.25, 0.3) is 11.3 Å². The lowest BCUT2D eigenvalue weighted by Gasteiger charge is -2.19. The minimum atomic E-state index is -0.755. The van der Waals surface area contributed by atoms with Gasteiger partial charge in [-0.3, -0.25) is 9.89 Å². The molecule has 3 rings (SSSR count). The number of carboxylic acids is 1. The molecular weight excluding hydrogens is 228 g/mol. The standard InChI is InChI=1S/C14H14N2O2/c17-14(18)10-7-4-8-11-12(10)13(16-15-11)9-5-2-1-3-6-9/h1-3,5-6,10H,4,7-8H2,(H,15,16)(H,17,18)/t10-/m0/s1. The van der Waals surface area contributed by atoms with Crippen LogP contribution in [0.15, 0.2) is 30.3 Å². The van der Waals surface area contributed by atoms with Crippen molar-refractivity contribution in [3.63, 3.8) is 0 Å². The summed E-state index contributed by atoms with van der Waals surface area (Å²) in [5.41, 5.74) is 3.62. The Hall–Kier alpha value is -2.10. The number of hydrogen-bond donors (Lipinski definition) is 2. The van der Waals surface area contributed by atoms with Crippen LogP contribution in [0.3, 0.4) is 0 Å². The number of carboxylic acid groups (broad SMARTS) is 1. The smallest absolute Gasteiger partial charge is 0.311 e. The zero-order valence-electron chi connectivity index (χ0n) is 9.89. The Morgan fingerprint density at radius 2 is 2.11 bits per heavy atom. The van der Waals surface area contributed by atoms with Crippen LogP contribution in [0.5, 0.6) is 0 Å². The summed E-state index contributed by atoms with van der Waals surface area (Å²) in [7, 11) is 0. The first-order chi connectivity index (χ1) is 8.77. The molecule has 1 aromatic carbocycles. The molecule has 0 bridgehead atoms. The van der Waals surface area contributed by atoms with Gasteiger partial charge in [0.1, 0.15) is 0 Å². The molecule has 1 atom stereocenters. The lowest BCUT2D eigenvalue weighted by Crippen LogP contribution is -2.17. The van der Waals surface area contributed by atoms with Crippen LogP contribution in [0.4, 0.5) is 0 Å². The van der Waals surface area contributed by atoms with Crippen molar-refractivity contribution in [2.75, 3.05) is 0 Å². The molecule has 0 spiro atoms. The van der Waals surface area contributed by atoms with Crippen molar-refractivity contribution >= 4 is 5.97 Å². The van der Waals surface area contributed by atoms with Crippen molar-refractivity contribution in [2.45, 2.75) is 25.2 Å². The maximum atomic E-state index is 11.4. The van der Waals surface area contributed by atoms with Crippen LogP contribution in [0.2, 0.25) is 0 Å². The largest absolute Gasteiger partial charge is 0.481 e. The average Bonchev–Trinajstić information content (AvgIpc) is 2.83. The molecule has 0 amide bonds. The van der Waals surface area contributed by atoms with E-state index in [0.29, 0.717) is 6.42 Å². The van der Waals surface area contributed by atoms with E-state index < -0.39 is 11.9 Å². The maximum absolute atomic E-state index is 11.4. The zero-order chi connectivity index (χ0) is 12.5. The van der Waals surface area contributed by atoms with E-state index in [9.17, 15) is 9.90 Å². The number of nitrogens with zero attached hydrogens (tertiary/aromatic N) is 1. The number of aromatic nitrogens is 2. The summed E-state index contributed by atoms with van der Waals surface area (Å²) in [5.74, 6) is -1.18. The Balaban J connectivity index is 2.13. The van der Waals surface area contributed by atoms with Crippen molar-refractivity contribution in [1.82, 2.24) is 10.2 Å². The van der Waals surface area contributed by atoms with E-state index in [-0.39, 0.29) is 0 Å². The van der Waals surface area contributed by atoms with E-state index in [1.54, 1.807) is 0 Å². The number of rotatable bonds is 2. The van der Waals surface area contributed by atoms with Crippen molar-refractivity contribution in [3.8, 4) is 11.3 Å². The van der Waals surface area contributed by atoms with Gasteiger partial charge in [-0.05, 0) is 19.3 Å². The summed E-state index contributed by atoms with van der Waals surface area (Å²) in [4.78, 5) is 11.4. The molecule has 1 aliphatic carbocycles. The van der Waals surface area contributed by atoms with Gasteiger partial charge >= 0.3 is 5.97 Å². The van der Waals surface area contributed by atoms with E-state index in [1.165, 1.54) is 0 Å². The van der Waals surface area contributed by atoms with Crippen LogP contribution in [0, 0.1) is 0 Å². The fraction of sp³-hybridized carbons (Fsp3) is 0.286. The highest BCUT2D eigenvalue weighted by Gasteiger charge is 2.31. The summed E-state index contributed by atoms with van der Waals surface area (Å²) in [6.45, 7) is 0. The molecule has 0 unspecified atom stereocenters. The second-order valence-electron chi connectivity index (χ2n) is 4.61. The quantitative estimate of drug-likeness (QED) is 0.850. The van der Waals surface area contributed by atoms with Gasteiger partial charge in [-0.1, -0.05) is 30.3 Å². The van der Waals surface area contributed by atoms with Gasteiger partial charge in [-0.2, -0.15) is 5.10 Å². The normalized spacial score (nSPS) is 18.3. The lowest BCUT2D eigenvalue weighted by molar-refractivity contribution is -0.139. The SMILES string of the molecule is O=C(O)[C@H]1CCCc2[nH]nc(-c3ccccc3)c21. The molecule has 0 fully saturated rings. The number of nitrogens with one attached hydrogen (secondary N) is 1.